The molecule has 30 heavy (non-hydrogen) atoms. The van der Waals surface area contributed by atoms with Gasteiger partial charge in [0.25, 0.3) is 5.91 Å². The number of fused-ring (bicyclic) bond motifs is 1. The molecule has 0 unspecified atom stereocenters. The highest BCUT2D eigenvalue weighted by molar-refractivity contribution is 5.93. The molecule has 0 radical (unpaired) electrons. The Balaban J connectivity index is 1.64. The van der Waals surface area contributed by atoms with Crippen LogP contribution in [0.1, 0.15) is 10.4 Å². The van der Waals surface area contributed by atoms with Crippen LogP contribution in [-0.4, -0.2) is 51.6 Å². The molecule has 0 spiro atoms. The molecule has 0 saturated carbocycles. The van der Waals surface area contributed by atoms with E-state index in [0.29, 0.717) is 41.7 Å². The normalized spacial score (nSPS) is 14.8. The Bertz CT molecular complexity index is 1180. The van der Waals surface area contributed by atoms with Gasteiger partial charge >= 0.3 is 0 Å². The lowest BCUT2D eigenvalue weighted by Crippen LogP contribution is -2.47. The number of carbonyl (C=O) groups is 1. The standard InChI is InChI=1S/C21H20N6O3/c22-19(28)15-12-18(30-14-15)17-13-24-21(20-23-6-7-26(17)20)27(16-4-2-1-3-5-16)25-8-10-29-11-9-25/h1-7,12-14H,8-11H2,(H2,22,28). The number of hydrogen-bond donors (Lipinski definition) is 1. The van der Waals surface area contributed by atoms with Crippen LogP contribution in [0.5, 0.6) is 0 Å². The van der Waals surface area contributed by atoms with Gasteiger partial charge in [-0.3, -0.25) is 14.2 Å². The number of nitrogens with two attached hydrogens (primary N) is 1. The first-order valence-electron chi connectivity index (χ1n) is 9.61. The lowest BCUT2D eigenvalue weighted by atomic mass is 10.2. The molecule has 0 bridgehead atoms. The Morgan fingerprint density at radius 2 is 1.93 bits per heavy atom. The first-order valence-corrected chi connectivity index (χ1v) is 9.61. The number of imidazole rings is 1. The zero-order chi connectivity index (χ0) is 20.5. The molecule has 1 amide bonds. The van der Waals surface area contributed by atoms with Gasteiger partial charge in [-0.1, -0.05) is 18.2 Å². The molecule has 5 rings (SSSR count). The Morgan fingerprint density at radius 3 is 2.67 bits per heavy atom. The maximum Gasteiger partial charge on any atom is 0.251 e. The highest BCUT2D eigenvalue weighted by atomic mass is 16.5. The number of ether oxygens (including phenoxy) is 1. The number of benzene rings is 1. The van der Waals surface area contributed by atoms with Crippen LogP contribution >= 0.6 is 0 Å². The summed E-state index contributed by atoms with van der Waals surface area (Å²) in [4.78, 5) is 20.7. The van der Waals surface area contributed by atoms with Crippen LogP contribution in [0, 0.1) is 0 Å². The monoisotopic (exact) mass is 404 g/mol. The molecule has 1 aliphatic rings. The minimum atomic E-state index is -0.543. The number of nitrogens with zero attached hydrogens (tertiary/aromatic N) is 5. The van der Waals surface area contributed by atoms with E-state index in [1.807, 2.05) is 40.9 Å². The SMILES string of the molecule is NC(=O)c1coc(-c2cnc(N(c3ccccc3)N3CCOCC3)c3nccn23)c1. The van der Waals surface area contributed by atoms with E-state index < -0.39 is 5.91 Å². The maximum atomic E-state index is 11.4. The van der Waals surface area contributed by atoms with E-state index in [9.17, 15) is 4.79 Å². The number of hydrazine groups is 1. The van der Waals surface area contributed by atoms with Crippen LogP contribution in [-0.2, 0) is 4.74 Å². The third-order valence-corrected chi connectivity index (χ3v) is 5.02. The fraction of sp³-hybridized carbons (Fsp3) is 0.190. The number of para-hydroxylation sites is 1. The number of hydrogen-bond acceptors (Lipinski definition) is 7. The molecule has 4 aromatic rings. The fourth-order valence-electron chi connectivity index (χ4n) is 3.58. The van der Waals surface area contributed by atoms with Gasteiger partial charge in [-0.15, -0.1) is 0 Å². The van der Waals surface area contributed by atoms with Crippen LogP contribution in [0.3, 0.4) is 0 Å². The molecule has 0 aliphatic carbocycles. The summed E-state index contributed by atoms with van der Waals surface area (Å²) in [5, 5.41) is 4.28. The predicted octanol–water partition coefficient (Wildman–Crippen LogP) is 2.47. The predicted molar refractivity (Wildman–Crippen MR) is 110 cm³/mol. The number of carbonyl (C=O) groups excluding carboxylic acids is 1. The highest BCUT2D eigenvalue weighted by Gasteiger charge is 2.25. The summed E-state index contributed by atoms with van der Waals surface area (Å²) in [6, 6.07) is 11.7. The Hall–Kier alpha value is -3.69. The summed E-state index contributed by atoms with van der Waals surface area (Å²) in [6.45, 7) is 2.78. The molecule has 9 nitrogen and oxygen atoms in total. The molecule has 1 fully saturated rings. The number of primary amides is 1. The van der Waals surface area contributed by atoms with E-state index in [2.05, 4.69) is 15.0 Å². The first kappa shape index (κ1) is 18.3. The number of rotatable bonds is 5. The molecule has 1 saturated heterocycles. The second kappa shape index (κ2) is 7.62. The fourth-order valence-corrected chi connectivity index (χ4v) is 3.58. The topological polar surface area (TPSA) is 102 Å². The summed E-state index contributed by atoms with van der Waals surface area (Å²) in [5.74, 6) is 0.640. The lowest BCUT2D eigenvalue weighted by molar-refractivity contribution is 0.0376. The second-order valence-corrected chi connectivity index (χ2v) is 6.87. The summed E-state index contributed by atoms with van der Waals surface area (Å²) < 4.78 is 13.0. The maximum absolute atomic E-state index is 11.4. The molecular weight excluding hydrogens is 384 g/mol. The first-order chi connectivity index (χ1) is 14.7. The summed E-state index contributed by atoms with van der Waals surface area (Å²) in [6.07, 6.45) is 6.61. The molecule has 9 heteroatoms. The molecule has 152 valence electrons. The Morgan fingerprint density at radius 1 is 1.13 bits per heavy atom. The number of morpholine rings is 1. The van der Waals surface area contributed by atoms with Crippen LogP contribution in [0.15, 0.2) is 65.7 Å². The second-order valence-electron chi connectivity index (χ2n) is 6.87. The van der Waals surface area contributed by atoms with Gasteiger partial charge in [-0.2, -0.15) is 0 Å². The van der Waals surface area contributed by atoms with Gasteiger partial charge in [-0.25, -0.2) is 15.0 Å². The molecule has 4 heterocycles. The highest BCUT2D eigenvalue weighted by Crippen LogP contribution is 2.32. The number of furan rings is 1. The number of anilines is 2. The molecular formula is C21H20N6O3. The average Bonchev–Trinajstić information content (AvgIpc) is 3.46. The van der Waals surface area contributed by atoms with E-state index in [0.717, 1.165) is 18.8 Å². The van der Waals surface area contributed by atoms with Gasteiger partial charge in [0.1, 0.15) is 12.0 Å². The van der Waals surface area contributed by atoms with Gasteiger partial charge in [-0.05, 0) is 18.2 Å². The smallest absolute Gasteiger partial charge is 0.251 e. The van der Waals surface area contributed by atoms with Crippen molar-refractivity contribution in [2.45, 2.75) is 0 Å². The Kier molecular flexibility index (Phi) is 4.66. The zero-order valence-corrected chi connectivity index (χ0v) is 16.1. The van der Waals surface area contributed by atoms with Crippen molar-refractivity contribution in [1.82, 2.24) is 19.4 Å². The van der Waals surface area contributed by atoms with Crippen LogP contribution < -0.4 is 10.7 Å². The van der Waals surface area contributed by atoms with Gasteiger partial charge < -0.3 is 14.9 Å². The minimum Gasteiger partial charge on any atom is -0.462 e. The molecule has 1 aliphatic heterocycles. The minimum absolute atomic E-state index is 0.307. The molecule has 2 N–H and O–H groups in total. The third kappa shape index (κ3) is 3.19. The summed E-state index contributed by atoms with van der Waals surface area (Å²) in [5.41, 5.74) is 7.99. The van der Waals surface area contributed by atoms with E-state index in [4.69, 9.17) is 19.9 Å². The van der Waals surface area contributed by atoms with Gasteiger partial charge in [0.05, 0.1) is 30.7 Å². The van der Waals surface area contributed by atoms with Crippen molar-refractivity contribution in [3.05, 3.63) is 66.8 Å². The van der Waals surface area contributed by atoms with Crippen LogP contribution in [0.25, 0.3) is 17.1 Å². The number of aromatic nitrogens is 3. The van der Waals surface area contributed by atoms with Crippen molar-refractivity contribution in [1.29, 1.82) is 0 Å². The van der Waals surface area contributed by atoms with E-state index >= 15 is 0 Å². The third-order valence-electron chi connectivity index (χ3n) is 5.02. The molecule has 1 aromatic carbocycles. The molecule has 3 aromatic heterocycles. The van der Waals surface area contributed by atoms with E-state index in [-0.39, 0.29) is 0 Å². The van der Waals surface area contributed by atoms with E-state index in [1.165, 1.54) is 6.26 Å². The Labute approximate surface area is 172 Å². The largest absolute Gasteiger partial charge is 0.462 e. The zero-order valence-electron chi connectivity index (χ0n) is 16.1. The van der Waals surface area contributed by atoms with E-state index in [1.54, 1.807) is 18.5 Å². The van der Waals surface area contributed by atoms with Crippen LogP contribution in [0.4, 0.5) is 11.5 Å². The van der Waals surface area contributed by atoms with Gasteiger partial charge in [0.2, 0.25) is 0 Å². The van der Waals surface area contributed by atoms with Crippen molar-refractivity contribution < 1.29 is 13.9 Å². The summed E-state index contributed by atoms with van der Waals surface area (Å²) >= 11 is 0. The average molecular weight is 404 g/mol. The van der Waals surface area contributed by atoms with Crippen molar-refractivity contribution in [3.8, 4) is 11.5 Å². The van der Waals surface area contributed by atoms with Gasteiger partial charge in [0.15, 0.2) is 17.2 Å². The number of amides is 1. The van der Waals surface area contributed by atoms with Gasteiger partial charge in [0, 0.05) is 25.5 Å². The van der Waals surface area contributed by atoms with Crippen LogP contribution in [0.2, 0.25) is 0 Å². The van der Waals surface area contributed by atoms with Crippen molar-refractivity contribution in [3.63, 3.8) is 0 Å². The molecule has 0 atom stereocenters. The summed E-state index contributed by atoms with van der Waals surface area (Å²) in [7, 11) is 0. The van der Waals surface area contributed by atoms with Crippen molar-refractivity contribution >= 4 is 23.1 Å². The quantitative estimate of drug-likeness (QED) is 0.545. The van der Waals surface area contributed by atoms with Crippen molar-refractivity contribution in [2.75, 3.05) is 31.3 Å². The lowest BCUT2D eigenvalue weighted by Gasteiger charge is -2.38. The van der Waals surface area contributed by atoms with Crippen molar-refractivity contribution in [2.24, 2.45) is 5.73 Å².